The van der Waals surface area contributed by atoms with E-state index in [0.29, 0.717) is 6.54 Å². The van der Waals surface area contributed by atoms with Crippen LogP contribution in [0.2, 0.25) is 0 Å². The molecule has 0 atom stereocenters. The molecule has 0 bridgehead atoms. The van der Waals surface area contributed by atoms with E-state index in [-0.39, 0.29) is 11.2 Å². The maximum Gasteiger partial charge on any atom is 0.328 e. The average molecular weight is 328 g/mol. The number of aromatic amines is 1. The van der Waals surface area contributed by atoms with E-state index in [1.165, 1.54) is 16.8 Å². The van der Waals surface area contributed by atoms with Gasteiger partial charge in [-0.25, -0.2) is 4.79 Å². The fourth-order valence-electron chi connectivity index (χ4n) is 1.36. The van der Waals surface area contributed by atoms with Gasteiger partial charge in [0.1, 0.15) is 0 Å². The van der Waals surface area contributed by atoms with E-state index in [9.17, 15) is 9.59 Å². The van der Waals surface area contributed by atoms with Gasteiger partial charge >= 0.3 is 5.69 Å². The Kier molecular flexibility index (Phi) is 3.23. The normalized spacial score (nSPS) is 10.3. The first-order chi connectivity index (χ1) is 7.65. The molecule has 0 amide bonds. The topological polar surface area (TPSA) is 54.9 Å². The van der Waals surface area contributed by atoms with Crippen molar-refractivity contribution < 1.29 is 0 Å². The van der Waals surface area contributed by atoms with Crippen LogP contribution in [0.1, 0.15) is 5.56 Å². The van der Waals surface area contributed by atoms with Crippen molar-refractivity contribution in [3.63, 3.8) is 0 Å². The molecule has 1 heterocycles. The highest BCUT2D eigenvalue weighted by Crippen LogP contribution is 2.07. The van der Waals surface area contributed by atoms with Crippen molar-refractivity contribution in [2.75, 3.05) is 0 Å². The number of nitrogens with one attached hydrogen (secondary N) is 1. The molecule has 1 aromatic heterocycles. The number of benzene rings is 1. The molecule has 0 spiro atoms. The number of halogens is 1. The van der Waals surface area contributed by atoms with Gasteiger partial charge in [-0.1, -0.05) is 12.1 Å². The Labute approximate surface area is 105 Å². The van der Waals surface area contributed by atoms with Crippen LogP contribution in [-0.4, -0.2) is 9.55 Å². The smallest absolute Gasteiger partial charge is 0.296 e. The highest BCUT2D eigenvalue weighted by Gasteiger charge is 1.98. The molecule has 5 heteroatoms. The summed E-state index contributed by atoms with van der Waals surface area (Å²) in [6.45, 7) is 0.465. The van der Waals surface area contributed by atoms with Crippen molar-refractivity contribution in [1.82, 2.24) is 9.55 Å². The molecule has 0 unspecified atom stereocenters. The maximum absolute atomic E-state index is 11.4. The average Bonchev–Trinajstić information content (AvgIpc) is 2.25. The van der Waals surface area contributed by atoms with E-state index in [1.54, 1.807) is 0 Å². The first kappa shape index (κ1) is 11.1. The number of nitrogens with zero attached hydrogens (tertiary/aromatic N) is 1. The van der Waals surface area contributed by atoms with Gasteiger partial charge in [0.05, 0.1) is 6.54 Å². The van der Waals surface area contributed by atoms with E-state index in [0.717, 1.165) is 9.13 Å². The molecule has 2 rings (SSSR count). The van der Waals surface area contributed by atoms with E-state index < -0.39 is 0 Å². The lowest BCUT2D eigenvalue weighted by molar-refractivity contribution is 0.720. The Morgan fingerprint density at radius 1 is 1.12 bits per heavy atom. The van der Waals surface area contributed by atoms with Gasteiger partial charge in [0.15, 0.2) is 0 Å². The third kappa shape index (κ3) is 2.60. The van der Waals surface area contributed by atoms with Crippen LogP contribution < -0.4 is 11.2 Å². The minimum atomic E-state index is -0.383. The molecular weight excluding hydrogens is 319 g/mol. The van der Waals surface area contributed by atoms with Crippen LogP contribution in [0.4, 0.5) is 0 Å². The van der Waals surface area contributed by atoms with Gasteiger partial charge in [-0.2, -0.15) is 0 Å². The lowest BCUT2D eigenvalue weighted by Crippen LogP contribution is -2.28. The van der Waals surface area contributed by atoms with Crippen molar-refractivity contribution in [3.05, 3.63) is 66.5 Å². The standard InChI is InChI=1S/C11H9IN2O2/c12-9-3-1-8(2-4-9)7-14-6-5-10(15)13-11(14)16/h1-6H,7H2,(H,13,15,16). The van der Waals surface area contributed by atoms with Gasteiger partial charge in [-0.3, -0.25) is 14.3 Å². The van der Waals surface area contributed by atoms with Gasteiger partial charge in [-0.05, 0) is 40.3 Å². The summed E-state index contributed by atoms with van der Waals surface area (Å²) in [7, 11) is 0. The van der Waals surface area contributed by atoms with Gasteiger partial charge in [-0.15, -0.1) is 0 Å². The molecule has 16 heavy (non-hydrogen) atoms. The molecular formula is C11H9IN2O2. The molecule has 0 aliphatic heterocycles. The quantitative estimate of drug-likeness (QED) is 0.842. The molecule has 1 N–H and O–H groups in total. The third-order valence-corrected chi connectivity index (χ3v) is 2.88. The second-order valence-electron chi connectivity index (χ2n) is 3.36. The SMILES string of the molecule is O=c1ccn(Cc2ccc(I)cc2)c(=O)[nH]1. The van der Waals surface area contributed by atoms with E-state index in [2.05, 4.69) is 27.6 Å². The van der Waals surface area contributed by atoms with Crippen LogP contribution in [0.3, 0.4) is 0 Å². The van der Waals surface area contributed by atoms with Crippen molar-refractivity contribution in [1.29, 1.82) is 0 Å². The van der Waals surface area contributed by atoms with E-state index in [4.69, 9.17) is 0 Å². The molecule has 0 aliphatic rings. The number of hydrogen-bond acceptors (Lipinski definition) is 2. The fraction of sp³-hybridized carbons (Fsp3) is 0.0909. The van der Waals surface area contributed by atoms with Crippen molar-refractivity contribution in [2.24, 2.45) is 0 Å². The van der Waals surface area contributed by atoms with Gasteiger partial charge in [0.2, 0.25) is 0 Å². The van der Waals surface area contributed by atoms with Gasteiger partial charge in [0.25, 0.3) is 5.56 Å². The Morgan fingerprint density at radius 2 is 1.81 bits per heavy atom. The van der Waals surface area contributed by atoms with Gasteiger partial charge < -0.3 is 0 Å². The predicted octanol–water partition coefficient (Wildman–Crippen LogP) is 1.19. The zero-order valence-corrected chi connectivity index (χ0v) is 10.5. The van der Waals surface area contributed by atoms with Crippen molar-refractivity contribution in [2.45, 2.75) is 6.54 Å². The summed E-state index contributed by atoms with van der Waals surface area (Å²) >= 11 is 2.22. The summed E-state index contributed by atoms with van der Waals surface area (Å²) in [6.07, 6.45) is 1.50. The molecule has 1 aromatic carbocycles. The lowest BCUT2D eigenvalue weighted by atomic mass is 10.2. The second kappa shape index (κ2) is 4.65. The Bertz CT molecular complexity index is 598. The van der Waals surface area contributed by atoms with Crippen molar-refractivity contribution >= 4 is 22.6 Å². The summed E-state index contributed by atoms with van der Waals surface area (Å²) in [4.78, 5) is 24.5. The zero-order valence-electron chi connectivity index (χ0n) is 8.31. The minimum Gasteiger partial charge on any atom is -0.296 e. The summed E-state index contributed by atoms with van der Waals surface area (Å²) in [5.74, 6) is 0. The molecule has 2 aromatic rings. The predicted molar refractivity (Wildman–Crippen MR) is 69.6 cm³/mol. The van der Waals surface area contributed by atoms with Gasteiger partial charge in [0, 0.05) is 15.8 Å². The lowest BCUT2D eigenvalue weighted by Gasteiger charge is -2.04. The molecule has 0 saturated carbocycles. The Morgan fingerprint density at radius 3 is 2.44 bits per heavy atom. The molecule has 0 fully saturated rings. The Balaban J connectivity index is 2.30. The highest BCUT2D eigenvalue weighted by molar-refractivity contribution is 14.1. The van der Waals surface area contributed by atoms with Crippen LogP contribution in [0.15, 0.2) is 46.1 Å². The first-order valence-electron chi connectivity index (χ1n) is 4.69. The molecule has 4 nitrogen and oxygen atoms in total. The zero-order chi connectivity index (χ0) is 11.5. The monoisotopic (exact) mass is 328 g/mol. The minimum absolute atomic E-state index is 0.371. The number of hydrogen-bond donors (Lipinski definition) is 1. The number of aromatic nitrogens is 2. The highest BCUT2D eigenvalue weighted by atomic mass is 127. The van der Waals surface area contributed by atoms with E-state index in [1.807, 2.05) is 24.3 Å². The van der Waals surface area contributed by atoms with Crippen LogP contribution in [0.5, 0.6) is 0 Å². The summed E-state index contributed by atoms with van der Waals surface area (Å²) < 4.78 is 2.61. The fourth-order valence-corrected chi connectivity index (χ4v) is 1.71. The molecule has 0 aliphatic carbocycles. The second-order valence-corrected chi connectivity index (χ2v) is 4.61. The van der Waals surface area contributed by atoms with Crippen molar-refractivity contribution in [3.8, 4) is 0 Å². The Hall–Kier alpha value is -1.37. The molecule has 0 radical (unpaired) electrons. The van der Waals surface area contributed by atoms with E-state index >= 15 is 0 Å². The summed E-state index contributed by atoms with van der Waals surface area (Å²) in [5.41, 5.74) is 0.268. The third-order valence-electron chi connectivity index (χ3n) is 2.16. The summed E-state index contributed by atoms with van der Waals surface area (Å²) in [5, 5.41) is 0. The maximum atomic E-state index is 11.4. The first-order valence-corrected chi connectivity index (χ1v) is 5.77. The molecule has 0 saturated heterocycles. The van der Waals surface area contributed by atoms with Crippen LogP contribution in [-0.2, 0) is 6.54 Å². The summed E-state index contributed by atoms with van der Waals surface area (Å²) in [6, 6.07) is 9.21. The van der Waals surface area contributed by atoms with Crippen LogP contribution >= 0.6 is 22.6 Å². The van der Waals surface area contributed by atoms with Crippen LogP contribution in [0, 0.1) is 3.57 Å². The molecule has 82 valence electrons. The van der Waals surface area contributed by atoms with Crippen LogP contribution in [0.25, 0.3) is 0 Å². The number of rotatable bonds is 2. The number of H-pyrrole nitrogens is 1. The largest absolute Gasteiger partial charge is 0.328 e.